The van der Waals surface area contributed by atoms with Gasteiger partial charge in [-0.2, -0.15) is 0 Å². The minimum atomic E-state index is -2.34. The lowest BCUT2D eigenvalue weighted by molar-refractivity contribution is 1.71. The molecule has 6 aromatic rings. The van der Waals surface area contributed by atoms with Crippen LogP contribution in [0, 0.1) is 0 Å². The van der Waals surface area contributed by atoms with Crippen LogP contribution in [0.2, 0.25) is 0 Å². The quantitative estimate of drug-likeness (QED) is 0.224. The first-order valence-corrected chi connectivity index (χ1v) is 13.6. The van der Waals surface area contributed by atoms with Crippen LogP contribution in [0.3, 0.4) is 0 Å². The van der Waals surface area contributed by atoms with Crippen molar-refractivity contribution in [1.29, 1.82) is 0 Å². The summed E-state index contributed by atoms with van der Waals surface area (Å²) in [6.07, 6.45) is 0. The van der Waals surface area contributed by atoms with Crippen LogP contribution < -0.4 is 20.7 Å². The molecule has 0 N–H and O–H groups in total. The zero-order valence-corrected chi connectivity index (χ0v) is 19.0. The molecule has 0 radical (unpaired) electrons. The van der Waals surface area contributed by atoms with E-state index >= 15 is 0 Å². The van der Waals surface area contributed by atoms with E-state index in [-0.39, 0.29) is 0 Å². The Hall–Kier alpha value is -3.94. The van der Waals surface area contributed by atoms with Crippen LogP contribution in [-0.2, 0) is 0 Å². The lowest BCUT2D eigenvalue weighted by Crippen LogP contribution is -2.70. The van der Waals surface area contributed by atoms with Crippen molar-refractivity contribution in [2.45, 2.75) is 0 Å². The number of rotatable bonds is 0. The van der Waals surface area contributed by atoms with Gasteiger partial charge in [-0.25, -0.2) is 0 Å². The molecule has 0 fully saturated rings. The molecule has 0 nitrogen and oxygen atoms in total. The van der Waals surface area contributed by atoms with Crippen LogP contribution in [-0.4, -0.2) is 8.07 Å². The highest BCUT2D eigenvalue weighted by atomic mass is 28.3. The minimum absolute atomic E-state index is 1.31. The molecule has 0 saturated carbocycles. The minimum Gasteiger partial charge on any atom is -0.0623 e. The van der Waals surface area contributed by atoms with Gasteiger partial charge in [0.05, 0.1) is 0 Å². The van der Waals surface area contributed by atoms with Gasteiger partial charge in [-0.1, -0.05) is 121 Å². The summed E-state index contributed by atoms with van der Waals surface area (Å²) in [6.45, 7) is 0. The summed E-state index contributed by atoms with van der Waals surface area (Å²) < 4.78 is 0. The summed E-state index contributed by atoms with van der Waals surface area (Å²) in [5.41, 5.74) is 5.71. The molecule has 0 unspecified atom stereocenters. The zero-order valence-electron chi connectivity index (χ0n) is 18.0. The van der Waals surface area contributed by atoms with Gasteiger partial charge in [0.2, 0.25) is 0 Å². The van der Waals surface area contributed by atoms with Crippen LogP contribution in [0.25, 0.3) is 43.8 Å². The van der Waals surface area contributed by atoms with E-state index in [4.69, 9.17) is 0 Å². The third-order valence-corrected chi connectivity index (χ3v) is 12.8. The Kier molecular flexibility index (Phi) is 3.25. The maximum Gasteiger partial charge on any atom is 0.182 e. The van der Waals surface area contributed by atoms with Gasteiger partial charge in [0.25, 0.3) is 0 Å². The van der Waals surface area contributed by atoms with Gasteiger partial charge >= 0.3 is 0 Å². The highest BCUT2D eigenvalue weighted by Gasteiger charge is 2.54. The normalized spacial score (nSPS) is 14.3. The first-order chi connectivity index (χ1) is 16.4. The van der Waals surface area contributed by atoms with Gasteiger partial charge < -0.3 is 0 Å². The van der Waals surface area contributed by atoms with Crippen molar-refractivity contribution >= 4 is 50.4 Å². The highest BCUT2D eigenvalue weighted by molar-refractivity contribution is 7.24. The zero-order chi connectivity index (χ0) is 21.6. The molecular weight excluding hydrogens is 412 g/mol. The Morgan fingerprint density at radius 1 is 0.333 bits per heavy atom. The molecule has 2 aliphatic rings. The lowest BCUT2D eigenvalue weighted by Gasteiger charge is -2.27. The molecule has 0 aromatic heterocycles. The second-order valence-corrected chi connectivity index (χ2v) is 12.9. The van der Waals surface area contributed by atoms with Crippen LogP contribution >= 0.6 is 0 Å². The third kappa shape index (κ3) is 1.98. The fraction of sp³-hybridized carbons (Fsp3) is 0. The van der Waals surface area contributed by atoms with Crippen LogP contribution in [0.15, 0.2) is 121 Å². The van der Waals surface area contributed by atoms with E-state index in [1.807, 2.05) is 0 Å². The fourth-order valence-electron chi connectivity index (χ4n) is 6.68. The molecule has 0 saturated heterocycles. The molecule has 2 heterocycles. The fourth-order valence-corrected chi connectivity index (χ4v) is 12.3. The lowest BCUT2D eigenvalue weighted by atomic mass is 9.95. The molecule has 33 heavy (non-hydrogen) atoms. The number of hydrogen-bond acceptors (Lipinski definition) is 0. The van der Waals surface area contributed by atoms with Crippen molar-refractivity contribution < 1.29 is 0 Å². The second kappa shape index (κ2) is 6.09. The van der Waals surface area contributed by atoms with Gasteiger partial charge in [-0.15, -0.1) is 0 Å². The predicted molar refractivity (Wildman–Crippen MR) is 143 cm³/mol. The first-order valence-electron chi connectivity index (χ1n) is 11.6. The molecule has 0 bridgehead atoms. The Morgan fingerprint density at radius 2 is 0.879 bits per heavy atom. The molecule has 2 aliphatic heterocycles. The standard InChI is InChI=1S/C32H20Si/c1-2-10-22-21(9-1)17-18-26-23(22)19-20-31-32(26)27-13-5-8-16-30(27)33(31)28-14-6-3-11-24(28)25-12-4-7-15-29(25)33/h1-20H. The van der Waals surface area contributed by atoms with E-state index in [0.29, 0.717) is 0 Å². The van der Waals surface area contributed by atoms with Crippen molar-refractivity contribution in [1.82, 2.24) is 0 Å². The smallest absolute Gasteiger partial charge is 0.0623 e. The number of benzene rings is 6. The predicted octanol–water partition coefficient (Wildman–Crippen LogP) is 5.33. The third-order valence-electron chi connectivity index (χ3n) is 7.88. The van der Waals surface area contributed by atoms with Crippen LogP contribution in [0.5, 0.6) is 0 Å². The number of fused-ring (bicyclic) bond motifs is 14. The molecule has 0 amide bonds. The average molecular weight is 433 g/mol. The van der Waals surface area contributed by atoms with Crippen molar-refractivity contribution in [2.75, 3.05) is 0 Å². The van der Waals surface area contributed by atoms with Crippen LogP contribution in [0.1, 0.15) is 0 Å². The Balaban J connectivity index is 1.61. The first kappa shape index (κ1) is 17.6. The largest absolute Gasteiger partial charge is 0.182 e. The topological polar surface area (TPSA) is 0 Å². The van der Waals surface area contributed by atoms with Crippen molar-refractivity contribution in [3.8, 4) is 22.3 Å². The molecule has 0 aliphatic carbocycles. The second-order valence-electron chi connectivity index (χ2n) is 9.26. The Morgan fingerprint density at radius 3 is 1.61 bits per heavy atom. The van der Waals surface area contributed by atoms with Gasteiger partial charge in [0.15, 0.2) is 8.07 Å². The summed E-state index contributed by atoms with van der Waals surface area (Å²) in [5, 5.41) is 11.5. The Bertz CT molecular complexity index is 1730. The molecule has 6 aromatic carbocycles. The summed E-state index contributed by atoms with van der Waals surface area (Å²) in [6, 6.07) is 45.8. The van der Waals surface area contributed by atoms with E-state index in [1.54, 1.807) is 5.19 Å². The number of hydrogen-bond donors (Lipinski definition) is 0. The van der Waals surface area contributed by atoms with Gasteiger partial charge in [-0.3, -0.25) is 0 Å². The van der Waals surface area contributed by atoms with Crippen molar-refractivity contribution in [3.63, 3.8) is 0 Å². The average Bonchev–Trinajstić information content (AvgIpc) is 3.36. The van der Waals surface area contributed by atoms with E-state index < -0.39 is 8.07 Å². The Labute approximate surface area is 193 Å². The molecule has 1 spiro atoms. The summed E-state index contributed by atoms with van der Waals surface area (Å²) in [4.78, 5) is 0. The van der Waals surface area contributed by atoms with E-state index in [9.17, 15) is 0 Å². The maximum atomic E-state index is 2.47. The molecule has 152 valence electrons. The maximum absolute atomic E-state index is 2.47. The SMILES string of the molecule is c1ccc2c(c1)-c1ccccc1[Si]21c2ccccc2-c2c1ccc1c2ccc2ccccc21. The monoisotopic (exact) mass is 432 g/mol. The van der Waals surface area contributed by atoms with Crippen LogP contribution in [0.4, 0.5) is 0 Å². The van der Waals surface area contributed by atoms with E-state index in [0.717, 1.165) is 0 Å². The molecular formula is C32H20Si. The van der Waals surface area contributed by atoms with Crippen molar-refractivity contribution in [2.24, 2.45) is 0 Å². The van der Waals surface area contributed by atoms with E-state index in [2.05, 4.69) is 121 Å². The summed E-state index contributed by atoms with van der Waals surface area (Å²) in [7, 11) is -2.34. The summed E-state index contributed by atoms with van der Waals surface area (Å²) in [5.74, 6) is 0. The molecule has 8 rings (SSSR count). The summed E-state index contributed by atoms with van der Waals surface area (Å²) >= 11 is 0. The van der Waals surface area contributed by atoms with E-state index in [1.165, 1.54) is 59.4 Å². The van der Waals surface area contributed by atoms with Crippen molar-refractivity contribution in [3.05, 3.63) is 121 Å². The van der Waals surface area contributed by atoms with Gasteiger partial charge in [-0.05, 0) is 64.5 Å². The van der Waals surface area contributed by atoms with Gasteiger partial charge in [0.1, 0.15) is 0 Å². The highest BCUT2D eigenvalue weighted by Crippen LogP contribution is 2.40. The van der Waals surface area contributed by atoms with Gasteiger partial charge in [0, 0.05) is 0 Å². The molecule has 1 heteroatoms. The molecule has 0 atom stereocenters.